The van der Waals surface area contributed by atoms with E-state index in [-0.39, 0.29) is 40.9 Å². The minimum Gasteiger partial charge on any atom is -0.508 e. The number of benzene rings is 4. The topological polar surface area (TPSA) is 131 Å². The van der Waals surface area contributed by atoms with Crippen molar-refractivity contribution in [1.82, 2.24) is 0 Å². The summed E-state index contributed by atoms with van der Waals surface area (Å²) in [5, 5.41) is 62.0. The van der Waals surface area contributed by atoms with Gasteiger partial charge in [0.25, 0.3) is 0 Å². The second-order valence-electron chi connectivity index (χ2n) is 12.1. The molecule has 0 radical (unpaired) electrons. The fourth-order valence-electron chi connectivity index (χ4n) is 6.24. The Morgan fingerprint density at radius 1 is 0.689 bits per heavy atom. The molecule has 6 atom stereocenters. The van der Waals surface area contributed by atoms with Crippen LogP contribution < -0.4 is 0 Å². The monoisotopic (exact) mass is 610 g/mol. The Balaban J connectivity index is 1.39. The Morgan fingerprint density at radius 3 is 1.78 bits per heavy atom. The molecule has 6 N–H and O–H groups in total. The van der Waals surface area contributed by atoms with E-state index in [1.165, 1.54) is 0 Å². The predicted molar refractivity (Wildman–Crippen MR) is 174 cm³/mol. The normalized spacial score (nSPS) is 21.5. The van der Waals surface area contributed by atoms with Crippen LogP contribution in [0.1, 0.15) is 54.0 Å². The summed E-state index contributed by atoms with van der Waals surface area (Å²) in [6, 6.07) is 27.8. The lowest BCUT2D eigenvalue weighted by atomic mass is 9.73. The van der Waals surface area contributed by atoms with E-state index in [1.54, 1.807) is 48.5 Å². The van der Waals surface area contributed by atoms with Gasteiger partial charge >= 0.3 is 0 Å². The lowest BCUT2D eigenvalue weighted by Crippen LogP contribution is -2.43. The van der Waals surface area contributed by atoms with Gasteiger partial charge in [-0.3, -0.25) is 0 Å². The molecule has 1 aliphatic heterocycles. The molecule has 1 fully saturated rings. The number of aliphatic hydroxyl groups excluding tert-OH is 2. The molecule has 4 aromatic carbocycles. The molecular formula is C38H42O7. The van der Waals surface area contributed by atoms with E-state index in [2.05, 4.69) is 0 Å². The Kier molecular flexibility index (Phi) is 10.8. The molecule has 5 rings (SSSR count). The summed E-state index contributed by atoms with van der Waals surface area (Å²) in [7, 11) is 0. The largest absolute Gasteiger partial charge is 0.508 e. The van der Waals surface area contributed by atoms with Gasteiger partial charge in [-0.15, -0.1) is 0 Å². The van der Waals surface area contributed by atoms with Gasteiger partial charge in [0.1, 0.15) is 23.0 Å². The van der Waals surface area contributed by atoms with E-state index < -0.39 is 18.3 Å². The molecule has 0 bridgehead atoms. The Bertz CT molecular complexity index is 1500. The van der Waals surface area contributed by atoms with E-state index in [1.807, 2.05) is 60.7 Å². The number of hydrogen-bond donors (Lipinski definition) is 6. The average Bonchev–Trinajstić information content (AvgIpc) is 3.03. The van der Waals surface area contributed by atoms with Crippen LogP contribution in [-0.2, 0) is 17.6 Å². The maximum Gasteiger partial charge on any atom is 0.115 e. The van der Waals surface area contributed by atoms with Crippen LogP contribution in [-0.4, -0.2) is 49.0 Å². The van der Waals surface area contributed by atoms with Gasteiger partial charge in [0.05, 0.1) is 24.4 Å². The highest BCUT2D eigenvalue weighted by Gasteiger charge is 2.42. The zero-order valence-electron chi connectivity index (χ0n) is 25.2. The number of phenols is 4. The standard InChI is InChI=1S/C38H42O7/c39-30-13-2-25(3-14-30)1-10-29(23-34(43)19-8-26-4-15-31(40)16-5-26)37-36(44)24-35(22-9-27-6-17-32(41)18-7-27)45-38(37)28-11-20-33(42)21-12-28/h1-7,10-18,20-21,29,34-44H,8-9,19,22-24H2/t29-,34+,35+,36+,37+,38-/m1/s1. The molecule has 0 aromatic heterocycles. The van der Waals surface area contributed by atoms with Crippen LogP contribution >= 0.6 is 0 Å². The molecule has 1 heterocycles. The van der Waals surface area contributed by atoms with Gasteiger partial charge in [0.15, 0.2) is 0 Å². The van der Waals surface area contributed by atoms with Gasteiger partial charge in [0.2, 0.25) is 0 Å². The minimum atomic E-state index is -0.721. The molecule has 0 amide bonds. The zero-order chi connectivity index (χ0) is 31.8. The van der Waals surface area contributed by atoms with Crippen molar-refractivity contribution >= 4 is 6.08 Å². The summed E-state index contributed by atoms with van der Waals surface area (Å²) < 4.78 is 6.75. The van der Waals surface area contributed by atoms with Crippen molar-refractivity contribution in [2.75, 3.05) is 0 Å². The maximum absolute atomic E-state index is 11.8. The zero-order valence-corrected chi connectivity index (χ0v) is 25.2. The van der Waals surface area contributed by atoms with Crippen LogP contribution in [0.15, 0.2) is 103 Å². The first-order chi connectivity index (χ1) is 21.7. The van der Waals surface area contributed by atoms with Gasteiger partial charge in [0, 0.05) is 5.92 Å². The van der Waals surface area contributed by atoms with E-state index in [0.717, 1.165) is 28.7 Å². The van der Waals surface area contributed by atoms with Gasteiger partial charge in [-0.05, 0) is 115 Å². The third kappa shape index (κ3) is 9.11. The average molecular weight is 611 g/mol. The van der Waals surface area contributed by atoms with Crippen molar-refractivity contribution in [3.05, 3.63) is 125 Å². The van der Waals surface area contributed by atoms with Crippen LogP contribution in [0.4, 0.5) is 0 Å². The summed E-state index contributed by atoms with van der Waals surface area (Å²) in [6.07, 6.45) is 5.28. The van der Waals surface area contributed by atoms with E-state index in [9.17, 15) is 30.6 Å². The summed E-state index contributed by atoms with van der Waals surface area (Å²) >= 11 is 0. The van der Waals surface area contributed by atoms with Crippen LogP contribution in [0, 0.1) is 11.8 Å². The van der Waals surface area contributed by atoms with Gasteiger partial charge < -0.3 is 35.4 Å². The van der Waals surface area contributed by atoms with Gasteiger partial charge in [-0.1, -0.05) is 60.7 Å². The van der Waals surface area contributed by atoms with Gasteiger partial charge in [-0.2, -0.15) is 0 Å². The molecule has 0 saturated carbocycles. The molecule has 0 unspecified atom stereocenters. The Morgan fingerprint density at radius 2 is 1.20 bits per heavy atom. The maximum atomic E-state index is 11.8. The molecule has 0 spiro atoms. The third-order valence-corrected chi connectivity index (χ3v) is 8.72. The Hall–Kier alpha value is -4.30. The molecular weight excluding hydrogens is 568 g/mol. The van der Waals surface area contributed by atoms with E-state index >= 15 is 0 Å². The molecule has 45 heavy (non-hydrogen) atoms. The second-order valence-corrected chi connectivity index (χ2v) is 12.1. The highest BCUT2D eigenvalue weighted by atomic mass is 16.5. The number of allylic oxidation sites excluding steroid dienone is 1. The number of aliphatic hydroxyl groups is 2. The number of phenolic OH excluding ortho intramolecular Hbond substituents is 4. The molecule has 0 aliphatic carbocycles. The Labute approximate surface area is 264 Å². The first-order valence-corrected chi connectivity index (χ1v) is 15.6. The number of aryl methyl sites for hydroxylation is 2. The highest BCUT2D eigenvalue weighted by Crippen LogP contribution is 2.44. The molecule has 236 valence electrons. The van der Waals surface area contributed by atoms with Gasteiger partial charge in [-0.25, -0.2) is 0 Å². The van der Waals surface area contributed by atoms with Crippen LogP contribution in [0.3, 0.4) is 0 Å². The smallest absolute Gasteiger partial charge is 0.115 e. The van der Waals surface area contributed by atoms with Crippen LogP contribution in [0.25, 0.3) is 6.08 Å². The minimum absolute atomic E-state index is 0.143. The molecule has 7 heteroatoms. The summed E-state index contributed by atoms with van der Waals surface area (Å²) in [5.41, 5.74) is 3.81. The molecule has 1 aliphatic rings. The summed E-state index contributed by atoms with van der Waals surface area (Å²) in [4.78, 5) is 0. The van der Waals surface area contributed by atoms with Crippen molar-refractivity contribution in [3.63, 3.8) is 0 Å². The first kappa shape index (κ1) is 32.1. The van der Waals surface area contributed by atoms with Crippen LogP contribution in [0.5, 0.6) is 23.0 Å². The molecule has 1 saturated heterocycles. The van der Waals surface area contributed by atoms with Crippen molar-refractivity contribution in [2.45, 2.75) is 62.9 Å². The van der Waals surface area contributed by atoms with Crippen molar-refractivity contribution in [1.29, 1.82) is 0 Å². The number of aromatic hydroxyl groups is 4. The fourth-order valence-corrected chi connectivity index (χ4v) is 6.24. The second kappa shape index (κ2) is 15.1. The molecule has 7 nitrogen and oxygen atoms in total. The SMILES string of the molecule is Oc1ccc(C=C[C@H](C[C@@H](O)CCc2ccc(O)cc2)[C@@H]2[C@@H](c3ccc(O)cc3)O[C@@H](CCc3ccc(O)cc3)C[C@@H]2O)cc1. The number of rotatable bonds is 12. The summed E-state index contributed by atoms with van der Waals surface area (Å²) in [6.45, 7) is 0. The quantitative estimate of drug-likeness (QED) is 0.106. The highest BCUT2D eigenvalue weighted by molar-refractivity contribution is 5.51. The first-order valence-electron chi connectivity index (χ1n) is 15.6. The fraction of sp³-hybridized carbons (Fsp3) is 0.316. The predicted octanol–water partition coefficient (Wildman–Crippen LogP) is 6.66. The van der Waals surface area contributed by atoms with E-state index in [4.69, 9.17) is 4.74 Å². The third-order valence-electron chi connectivity index (χ3n) is 8.72. The van der Waals surface area contributed by atoms with Crippen molar-refractivity contribution < 1.29 is 35.4 Å². The lowest BCUT2D eigenvalue weighted by Gasteiger charge is -2.44. The van der Waals surface area contributed by atoms with Crippen molar-refractivity contribution in [2.24, 2.45) is 11.8 Å². The summed E-state index contributed by atoms with van der Waals surface area (Å²) in [5.74, 6) is 0.0948. The van der Waals surface area contributed by atoms with E-state index in [0.29, 0.717) is 32.1 Å². The van der Waals surface area contributed by atoms with Crippen molar-refractivity contribution in [3.8, 4) is 23.0 Å². The number of hydrogen-bond acceptors (Lipinski definition) is 7. The lowest BCUT2D eigenvalue weighted by molar-refractivity contribution is -0.153. The molecule has 4 aromatic rings. The van der Waals surface area contributed by atoms with Crippen LogP contribution in [0.2, 0.25) is 0 Å². The number of ether oxygens (including phenoxy) is 1.